The number of rotatable bonds is 6. The number of aromatic nitrogens is 3. The second-order valence-corrected chi connectivity index (χ2v) is 10.6. The van der Waals surface area contributed by atoms with Gasteiger partial charge in [-0.15, -0.1) is 0 Å². The van der Waals surface area contributed by atoms with Crippen molar-refractivity contribution in [2.45, 2.75) is 18.1 Å². The molecule has 0 amide bonds. The molecule has 1 fully saturated rings. The topological polar surface area (TPSA) is 105 Å². The molecule has 9 nitrogen and oxygen atoms in total. The van der Waals surface area contributed by atoms with Gasteiger partial charge in [0.2, 0.25) is 0 Å². The van der Waals surface area contributed by atoms with E-state index in [9.17, 15) is 8.42 Å². The second-order valence-electron chi connectivity index (χ2n) is 8.78. The highest BCUT2D eigenvalue weighted by Gasteiger charge is 2.30. The lowest BCUT2D eigenvalue weighted by molar-refractivity contribution is -0.0430. The number of nitrogens with one attached hydrogen (secondary N) is 1. The van der Waals surface area contributed by atoms with Gasteiger partial charge in [-0.05, 0) is 37.3 Å². The standard InChI is InChI=1S/C27H25N3O6S/c1-16-4-6-17(7-5-16)37(31,32)30-23(12-20-18(8-9-28-26(20)30)27-35-10-11-36-27)21-15-29-22-14-25(34-3)24(33-2)13-19(21)22/h4-9,12-15,27,29H,10-11H2,1-3H3. The SMILES string of the molecule is COc1cc2[nH]cc(-c3cc4c(C5OCCO5)ccnc4n3S(=O)(=O)c3ccc(C)cc3)c2cc1OC. The number of hydrogen-bond donors (Lipinski definition) is 1. The minimum absolute atomic E-state index is 0.163. The second kappa shape index (κ2) is 8.91. The van der Waals surface area contributed by atoms with Crippen molar-refractivity contribution >= 4 is 32.0 Å². The summed E-state index contributed by atoms with van der Waals surface area (Å²) in [6, 6.07) is 14.1. The number of aryl methyl sites for hydroxylation is 1. The van der Waals surface area contributed by atoms with Crippen molar-refractivity contribution in [3.05, 3.63) is 72.1 Å². The zero-order valence-corrected chi connectivity index (χ0v) is 21.3. The van der Waals surface area contributed by atoms with Crippen molar-refractivity contribution in [3.63, 3.8) is 0 Å². The van der Waals surface area contributed by atoms with Crippen molar-refractivity contribution in [2.24, 2.45) is 0 Å². The van der Waals surface area contributed by atoms with E-state index in [2.05, 4.69) is 9.97 Å². The fourth-order valence-electron chi connectivity index (χ4n) is 4.75. The van der Waals surface area contributed by atoms with Crippen LogP contribution in [0.2, 0.25) is 0 Å². The van der Waals surface area contributed by atoms with Crippen LogP contribution in [0.15, 0.2) is 65.8 Å². The van der Waals surface area contributed by atoms with Gasteiger partial charge in [-0.3, -0.25) is 0 Å². The number of ether oxygens (including phenoxy) is 4. The summed E-state index contributed by atoms with van der Waals surface area (Å²) in [7, 11) is -0.899. The van der Waals surface area contributed by atoms with Crippen LogP contribution in [0.1, 0.15) is 17.4 Å². The molecule has 5 aromatic rings. The van der Waals surface area contributed by atoms with Gasteiger partial charge >= 0.3 is 0 Å². The van der Waals surface area contributed by atoms with E-state index in [1.165, 1.54) is 3.97 Å². The first kappa shape index (κ1) is 23.5. The van der Waals surface area contributed by atoms with Crippen molar-refractivity contribution in [3.8, 4) is 22.8 Å². The number of benzene rings is 2. The van der Waals surface area contributed by atoms with Gasteiger partial charge in [0.25, 0.3) is 10.0 Å². The molecule has 1 saturated heterocycles. The molecule has 4 heterocycles. The molecular weight excluding hydrogens is 494 g/mol. The molecule has 1 N–H and O–H groups in total. The van der Waals surface area contributed by atoms with Crippen LogP contribution in [0.5, 0.6) is 11.5 Å². The maximum Gasteiger partial charge on any atom is 0.269 e. The predicted molar refractivity (Wildman–Crippen MR) is 139 cm³/mol. The Morgan fingerprint density at radius 3 is 2.38 bits per heavy atom. The maximum absolute atomic E-state index is 14.1. The highest BCUT2D eigenvalue weighted by atomic mass is 32.2. The van der Waals surface area contributed by atoms with Gasteiger partial charge < -0.3 is 23.9 Å². The van der Waals surface area contributed by atoms with Crippen LogP contribution in [0.25, 0.3) is 33.2 Å². The third-order valence-corrected chi connectivity index (χ3v) is 8.31. The number of H-pyrrole nitrogens is 1. The van der Waals surface area contributed by atoms with Crippen LogP contribution >= 0.6 is 0 Å². The van der Waals surface area contributed by atoms with E-state index in [4.69, 9.17) is 18.9 Å². The predicted octanol–water partition coefficient (Wildman–Crippen LogP) is 4.79. The number of fused-ring (bicyclic) bond motifs is 2. The van der Waals surface area contributed by atoms with Crippen molar-refractivity contribution in [1.82, 2.24) is 13.9 Å². The number of pyridine rings is 1. The van der Waals surface area contributed by atoms with Crippen LogP contribution in [0, 0.1) is 6.92 Å². The van der Waals surface area contributed by atoms with Crippen LogP contribution in [-0.2, 0) is 19.5 Å². The minimum Gasteiger partial charge on any atom is -0.493 e. The first-order valence-corrected chi connectivity index (χ1v) is 13.2. The molecule has 0 radical (unpaired) electrons. The monoisotopic (exact) mass is 519 g/mol. The van der Waals surface area contributed by atoms with Crippen LogP contribution in [0.4, 0.5) is 0 Å². The molecule has 10 heteroatoms. The minimum atomic E-state index is -4.03. The summed E-state index contributed by atoms with van der Waals surface area (Å²) in [4.78, 5) is 7.91. The molecular formula is C27H25N3O6S. The Labute approximate surface area is 213 Å². The fraction of sp³-hybridized carbons (Fsp3) is 0.222. The van der Waals surface area contributed by atoms with Gasteiger partial charge in [0.15, 0.2) is 23.4 Å². The summed E-state index contributed by atoms with van der Waals surface area (Å²) in [6.07, 6.45) is 2.77. The van der Waals surface area contributed by atoms with E-state index < -0.39 is 16.3 Å². The van der Waals surface area contributed by atoms with Gasteiger partial charge in [-0.2, -0.15) is 0 Å². The largest absolute Gasteiger partial charge is 0.493 e. The summed E-state index contributed by atoms with van der Waals surface area (Å²) in [5.41, 5.74) is 3.87. The molecule has 0 saturated carbocycles. The molecule has 0 aliphatic carbocycles. The highest BCUT2D eigenvalue weighted by Crippen LogP contribution is 2.41. The van der Waals surface area contributed by atoms with E-state index in [0.717, 1.165) is 22.0 Å². The summed E-state index contributed by atoms with van der Waals surface area (Å²) < 4.78 is 52.0. The van der Waals surface area contributed by atoms with Crippen LogP contribution in [-0.4, -0.2) is 49.8 Å². The molecule has 6 rings (SSSR count). The fourth-order valence-corrected chi connectivity index (χ4v) is 6.22. The molecule has 0 spiro atoms. The van der Waals surface area contributed by atoms with E-state index in [0.29, 0.717) is 47.0 Å². The molecule has 190 valence electrons. The molecule has 0 bridgehead atoms. The molecule has 1 aliphatic rings. The van der Waals surface area contributed by atoms with Crippen molar-refractivity contribution in [1.29, 1.82) is 0 Å². The Bertz CT molecular complexity index is 1730. The lowest BCUT2D eigenvalue weighted by atomic mass is 10.1. The van der Waals surface area contributed by atoms with Gasteiger partial charge in [-0.1, -0.05) is 17.7 Å². The van der Waals surface area contributed by atoms with Gasteiger partial charge in [0.1, 0.15) is 0 Å². The smallest absolute Gasteiger partial charge is 0.269 e. The zero-order chi connectivity index (χ0) is 25.7. The van der Waals surface area contributed by atoms with Gasteiger partial charge in [-0.25, -0.2) is 17.4 Å². The summed E-state index contributed by atoms with van der Waals surface area (Å²) in [5.74, 6) is 1.10. The van der Waals surface area contributed by atoms with E-state index in [1.807, 2.05) is 25.1 Å². The number of aromatic amines is 1. The van der Waals surface area contributed by atoms with Crippen molar-refractivity contribution < 1.29 is 27.4 Å². The Balaban J connectivity index is 1.67. The molecule has 0 atom stereocenters. The molecule has 37 heavy (non-hydrogen) atoms. The maximum atomic E-state index is 14.1. The quantitative estimate of drug-likeness (QED) is 0.344. The van der Waals surface area contributed by atoms with E-state index >= 15 is 0 Å². The van der Waals surface area contributed by atoms with Crippen molar-refractivity contribution in [2.75, 3.05) is 27.4 Å². The average Bonchev–Trinajstić information content (AvgIpc) is 3.66. The lowest BCUT2D eigenvalue weighted by Crippen LogP contribution is -2.15. The van der Waals surface area contributed by atoms with Crippen LogP contribution < -0.4 is 9.47 Å². The Morgan fingerprint density at radius 1 is 0.973 bits per heavy atom. The normalized spacial score (nSPS) is 14.6. The zero-order valence-electron chi connectivity index (χ0n) is 20.5. The Kier molecular flexibility index (Phi) is 5.67. The number of nitrogens with zero attached hydrogens (tertiary/aromatic N) is 2. The first-order valence-electron chi connectivity index (χ1n) is 11.7. The van der Waals surface area contributed by atoms with E-state index in [-0.39, 0.29) is 4.90 Å². The lowest BCUT2D eigenvalue weighted by Gasteiger charge is -2.13. The molecule has 1 aliphatic heterocycles. The summed E-state index contributed by atoms with van der Waals surface area (Å²) >= 11 is 0. The third-order valence-electron chi connectivity index (χ3n) is 6.59. The van der Waals surface area contributed by atoms with Gasteiger partial charge in [0, 0.05) is 40.4 Å². The van der Waals surface area contributed by atoms with E-state index in [1.54, 1.807) is 56.9 Å². The Morgan fingerprint density at radius 2 is 1.68 bits per heavy atom. The molecule has 3 aromatic heterocycles. The first-order chi connectivity index (χ1) is 17.9. The number of methoxy groups -OCH3 is 2. The van der Waals surface area contributed by atoms with Crippen LogP contribution in [0.3, 0.4) is 0 Å². The molecule has 0 unspecified atom stereocenters. The number of hydrogen-bond acceptors (Lipinski definition) is 7. The Hall–Kier alpha value is -3.86. The molecule has 2 aromatic carbocycles. The average molecular weight is 520 g/mol. The van der Waals surface area contributed by atoms with Gasteiger partial charge in [0.05, 0.1) is 43.5 Å². The summed E-state index contributed by atoms with van der Waals surface area (Å²) in [5, 5.41) is 1.41. The third kappa shape index (κ3) is 3.76. The summed E-state index contributed by atoms with van der Waals surface area (Å²) in [6.45, 7) is 2.84. The highest BCUT2D eigenvalue weighted by molar-refractivity contribution is 7.90.